The number of aryl methyl sites for hydroxylation is 1. The molecule has 0 N–H and O–H groups in total. The number of piperazine rings is 1. The number of carbonyl (C=O) groups excluding carboxylic acids is 1. The molecule has 3 heterocycles. The lowest BCUT2D eigenvalue weighted by Crippen LogP contribution is -2.54. The molecule has 2 aliphatic heterocycles. The van der Waals surface area contributed by atoms with E-state index in [9.17, 15) is 9.59 Å². The molecule has 0 radical (unpaired) electrons. The number of hydrogen-bond donors (Lipinski definition) is 0. The number of benzene rings is 2. The van der Waals surface area contributed by atoms with Gasteiger partial charge in [0, 0.05) is 56.8 Å². The van der Waals surface area contributed by atoms with Gasteiger partial charge in [-0.3, -0.25) is 14.6 Å². The van der Waals surface area contributed by atoms with E-state index in [1.165, 1.54) is 5.56 Å². The minimum absolute atomic E-state index is 0.0155. The van der Waals surface area contributed by atoms with Gasteiger partial charge in [0.05, 0.1) is 18.7 Å². The van der Waals surface area contributed by atoms with Gasteiger partial charge in [0.25, 0.3) is 5.56 Å². The fourth-order valence-corrected chi connectivity index (χ4v) is 5.16. The highest BCUT2D eigenvalue weighted by Crippen LogP contribution is 2.31. The van der Waals surface area contributed by atoms with Crippen molar-refractivity contribution >= 4 is 17.2 Å². The van der Waals surface area contributed by atoms with Gasteiger partial charge in [-0.2, -0.15) is 0 Å². The van der Waals surface area contributed by atoms with E-state index in [-0.39, 0.29) is 11.6 Å². The first-order valence-corrected chi connectivity index (χ1v) is 12.5. The van der Waals surface area contributed by atoms with Crippen molar-refractivity contribution in [2.75, 3.05) is 53.0 Å². The lowest BCUT2D eigenvalue weighted by Gasteiger charge is -2.39. The van der Waals surface area contributed by atoms with Gasteiger partial charge in [0.2, 0.25) is 0 Å². The summed E-state index contributed by atoms with van der Waals surface area (Å²) < 4.78 is 18.5. The maximum absolute atomic E-state index is 12.8. The van der Waals surface area contributed by atoms with Crippen molar-refractivity contribution in [1.82, 2.24) is 14.4 Å². The number of fused-ring (bicyclic) bond motifs is 2. The Morgan fingerprint density at radius 3 is 2.64 bits per heavy atom. The number of carbonyl (C=O) groups is 1. The van der Waals surface area contributed by atoms with Gasteiger partial charge in [-0.15, -0.1) is 0 Å². The first kappa shape index (κ1) is 24.3. The summed E-state index contributed by atoms with van der Waals surface area (Å²) in [5.74, 6) is 2.32. The maximum Gasteiger partial charge on any atom is 0.251 e. The van der Waals surface area contributed by atoms with Crippen LogP contribution in [0.1, 0.15) is 11.1 Å². The van der Waals surface area contributed by atoms with Crippen LogP contribution in [0, 0.1) is 6.92 Å². The van der Waals surface area contributed by atoms with Gasteiger partial charge in [-0.05, 0) is 48.7 Å². The number of rotatable bonds is 8. The monoisotopic (exact) mass is 491 g/mol. The third-order valence-electron chi connectivity index (χ3n) is 7.24. The summed E-state index contributed by atoms with van der Waals surface area (Å²) in [5, 5.41) is 1.05. The Bertz CT molecular complexity index is 1300. The first-order chi connectivity index (χ1) is 17.6. The number of pyridine rings is 1. The summed E-state index contributed by atoms with van der Waals surface area (Å²) in [6.07, 6.45) is 1.89. The average molecular weight is 492 g/mol. The van der Waals surface area contributed by atoms with Crippen LogP contribution in [0.25, 0.3) is 10.9 Å². The number of aromatic nitrogens is 1. The highest BCUT2D eigenvalue weighted by molar-refractivity contribution is 5.83. The molecule has 36 heavy (non-hydrogen) atoms. The molecule has 0 bridgehead atoms. The zero-order chi connectivity index (χ0) is 25.1. The Morgan fingerprint density at radius 2 is 1.83 bits per heavy atom. The van der Waals surface area contributed by atoms with E-state index < -0.39 is 0 Å². The van der Waals surface area contributed by atoms with Crippen LogP contribution in [0.15, 0.2) is 47.3 Å². The van der Waals surface area contributed by atoms with Crippen molar-refractivity contribution in [3.05, 3.63) is 63.9 Å². The van der Waals surface area contributed by atoms with Gasteiger partial charge >= 0.3 is 0 Å². The van der Waals surface area contributed by atoms with Crippen LogP contribution < -0.4 is 19.8 Å². The Kier molecular flexibility index (Phi) is 7.25. The topological polar surface area (TPSA) is 73.2 Å². The number of nitrogens with zero attached hydrogens (tertiary/aromatic N) is 3. The molecule has 1 fully saturated rings. The molecular weight excluding hydrogens is 458 g/mol. The number of hydrogen-bond acceptors (Lipinski definition) is 7. The van der Waals surface area contributed by atoms with Crippen LogP contribution in [0.5, 0.6) is 17.2 Å². The molecule has 1 aromatic heterocycles. The maximum atomic E-state index is 12.8. The molecule has 2 aromatic carbocycles. The predicted octanol–water partition coefficient (Wildman–Crippen LogP) is 2.52. The Hall–Kier alpha value is -3.36. The molecule has 0 spiro atoms. The summed E-state index contributed by atoms with van der Waals surface area (Å²) in [6, 6.07) is 13.4. The summed E-state index contributed by atoms with van der Waals surface area (Å²) in [5.41, 5.74) is 3.00. The van der Waals surface area contributed by atoms with Crippen molar-refractivity contribution in [1.29, 1.82) is 0 Å². The van der Waals surface area contributed by atoms with Gasteiger partial charge in [0.1, 0.15) is 25.2 Å². The van der Waals surface area contributed by atoms with Gasteiger partial charge < -0.3 is 23.6 Å². The van der Waals surface area contributed by atoms with E-state index >= 15 is 0 Å². The average Bonchev–Trinajstić information content (AvgIpc) is 2.91. The second-order valence-corrected chi connectivity index (χ2v) is 9.47. The molecule has 190 valence electrons. The largest absolute Gasteiger partial charge is 0.497 e. The van der Waals surface area contributed by atoms with Crippen LogP contribution in [0.4, 0.5) is 0 Å². The van der Waals surface area contributed by atoms with Crippen LogP contribution in [0.3, 0.4) is 0 Å². The lowest BCUT2D eigenvalue weighted by atomic mass is 10.1. The van der Waals surface area contributed by atoms with Crippen LogP contribution in [-0.2, 0) is 17.8 Å². The zero-order valence-electron chi connectivity index (χ0n) is 20.9. The SMILES string of the molecule is COc1ccc2c(C)cc(=O)n(CCN3CCN(CCc4ccc5c(c4)OCCO5)C(C=O)C3)c2c1. The van der Waals surface area contributed by atoms with E-state index in [2.05, 4.69) is 15.9 Å². The molecule has 0 amide bonds. The van der Waals surface area contributed by atoms with Crippen molar-refractivity contribution in [3.8, 4) is 17.2 Å². The van der Waals surface area contributed by atoms with Crippen molar-refractivity contribution in [3.63, 3.8) is 0 Å². The van der Waals surface area contributed by atoms with Crippen LogP contribution in [-0.4, -0.2) is 79.7 Å². The van der Waals surface area contributed by atoms with Crippen molar-refractivity contribution < 1.29 is 19.0 Å². The molecule has 2 aliphatic rings. The number of aldehydes is 1. The summed E-state index contributed by atoms with van der Waals surface area (Å²) in [6.45, 7) is 7.51. The molecule has 8 heteroatoms. The minimum atomic E-state index is -0.164. The molecular formula is C28H33N3O5. The zero-order valence-corrected chi connectivity index (χ0v) is 20.9. The van der Waals surface area contributed by atoms with E-state index in [0.29, 0.717) is 32.8 Å². The predicted molar refractivity (Wildman–Crippen MR) is 138 cm³/mol. The van der Waals surface area contributed by atoms with Crippen molar-refractivity contribution in [2.24, 2.45) is 0 Å². The Labute approximate surface area is 211 Å². The van der Waals surface area contributed by atoms with E-state index in [1.54, 1.807) is 13.2 Å². The standard InChI is InChI=1S/C28H33N3O5/c1-20-15-28(33)31(25-17-23(34-2)4-5-24(20)25)12-10-29-9-11-30(22(18-29)19-32)8-7-21-3-6-26-27(16-21)36-14-13-35-26/h3-6,15-17,19,22H,7-14,18H2,1-2H3. The van der Waals surface area contributed by atoms with Crippen molar-refractivity contribution in [2.45, 2.75) is 25.9 Å². The molecule has 8 nitrogen and oxygen atoms in total. The quantitative estimate of drug-likeness (QED) is 0.449. The third kappa shape index (κ3) is 5.10. The van der Waals surface area contributed by atoms with Crippen LogP contribution >= 0.6 is 0 Å². The third-order valence-corrected chi connectivity index (χ3v) is 7.24. The molecule has 1 saturated heterocycles. The van der Waals surface area contributed by atoms with E-state index in [0.717, 1.165) is 66.1 Å². The molecule has 3 aromatic rings. The molecule has 1 atom stereocenters. The highest BCUT2D eigenvalue weighted by Gasteiger charge is 2.26. The smallest absolute Gasteiger partial charge is 0.251 e. The number of methoxy groups -OCH3 is 1. The van der Waals surface area contributed by atoms with Crippen LogP contribution in [0.2, 0.25) is 0 Å². The van der Waals surface area contributed by atoms with E-state index in [4.69, 9.17) is 14.2 Å². The normalized spacial score (nSPS) is 18.3. The van der Waals surface area contributed by atoms with Gasteiger partial charge in [-0.1, -0.05) is 6.07 Å². The second-order valence-electron chi connectivity index (χ2n) is 9.47. The second kappa shape index (κ2) is 10.7. The summed E-state index contributed by atoms with van der Waals surface area (Å²) in [4.78, 5) is 29.3. The number of ether oxygens (including phenoxy) is 3. The van der Waals surface area contributed by atoms with E-state index in [1.807, 2.05) is 41.8 Å². The van der Waals surface area contributed by atoms with Gasteiger partial charge in [-0.25, -0.2) is 0 Å². The lowest BCUT2D eigenvalue weighted by molar-refractivity contribution is -0.114. The fourth-order valence-electron chi connectivity index (χ4n) is 5.16. The molecule has 5 rings (SSSR count). The minimum Gasteiger partial charge on any atom is -0.497 e. The fraction of sp³-hybridized carbons (Fsp3) is 0.429. The molecule has 1 unspecified atom stereocenters. The molecule has 0 saturated carbocycles. The summed E-state index contributed by atoms with van der Waals surface area (Å²) in [7, 11) is 1.63. The van der Waals surface area contributed by atoms with Gasteiger partial charge in [0.15, 0.2) is 11.5 Å². The highest BCUT2D eigenvalue weighted by atomic mass is 16.6. The molecule has 0 aliphatic carbocycles. The first-order valence-electron chi connectivity index (χ1n) is 12.5. The summed E-state index contributed by atoms with van der Waals surface area (Å²) >= 11 is 0. The Balaban J connectivity index is 1.21. The Morgan fingerprint density at radius 1 is 1.00 bits per heavy atom.